The second kappa shape index (κ2) is 7.61. The third-order valence-electron chi connectivity index (χ3n) is 3.66. The maximum absolute atomic E-state index is 11.6. The summed E-state index contributed by atoms with van der Waals surface area (Å²) in [4.78, 5) is 15.9. The maximum atomic E-state index is 11.6. The minimum Gasteiger partial charge on any atom is -0.497 e. The van der Waals surface area contributed by atoms with Gasteiger partial charge in [0.2, 0.25) is 5.82 Å². The molecule has 1 heterocycles. The van der Waals surface area contributed by atoms with Gasteiger partial charge in [-0.05, 0) is 36.4 Å². The lowest BCUT2D eigenvalue weighted by Crippen LogP contribution is -1.98. The summed E-state index contributed by atoms with van der Waals surface area (Å²) in [5, 5.41) is 3.96. The molecule has 0 spiro atoms. The van der Waals surface area contributed by atoms with Crippen LogP contribution in [-0.4, -0.2) is 23.0 Å². The van der Waals surface area contributed by atoms with Gasteiger partial charge in [0.25, 0.3) is 5.89 Å². The van der Waals surface area contributed by atoms with Gasteiger partial charge in [0, 0.05) is 17.5 Å². The first-order valence-electron chi connectivity index (χ1n) is 7.92. The Kier molecular flexibility index (Phi) is 5.09. The van der Waals surface area contributed by atoms with Gasteiger partial charge in [0.1, 0.15) is 11.5 Å². The van der Waals surface area contributed by atoms with Gasteiger partial charge in [-0.2, -0.15) is 4.98 Å². The lowest BCUT2D eigenvalue weighted by molar-refractivity contribution is 0.0988. The summed E-state index contributed by atoms with van der Waals surface area (Å²) in [5.74, 6) is 2.30. The quantitative estimate of drug-likeness (QED) is 0.608. The van der Waals surface area contributed by atoms with Gasteiger partial charge in [-0.25, -0.2) is 0 Å². The fraction of sp³-hybridized carbons (Fsp3) is 0.211. The molecule has 0 atom stereocenters. The number of nitrogens with zero attached hydrogens (tertiary/aromatic N) is 2. The molecule has 0 N–H and O–H groups in total. The Labute approximate surface area is 145 Å². The number of ketones is 1. The number of methoxy groups -OCH3 is 1. The van der Waals surface area contributed by atoms with Gasteiger partial charge < -0.3 is 14.0 Å². The highest BCUT2D eigenvalue weighted by Gasteiger charge is 2.10. The number of hydrogen-bond acceptors (Lipinski definition) is 6. The molecule has 3 aromatic rings. The summed E-state index contributed by atoms with van der Waals surface area (Å²) >= 11 is 0. The molecule has 6 nitrogen and oxygen atoms in total. The first kappa shape index (κ1) is 16.7. The van der Waals surface area contributed by atoms with E-state index < -0.39 is 0 Å². The zero-order valence-corrected chi connectivity index (χ0v) is 14.1. The number of ether oxygens (including phenoxy) is 2. The predicted octanol–water partition coefficient (Wildman–Crippen LogP) is 3.92. The van der Waals surface area contributed by atoms with Crippen LogP contribution in [0.25, 0.3) is 11.4 Å². The van der Waals surface area contributed by atoms with E-state index in [-0.39, 0.29) is 12.4 Å². The molecular formula is C19H18N2O4. The van der Waals surface area contributed by atoms with Gasteiger partial charge in [-0.3, -0.25) is 4.79 Å². The maximum Gasteiger partial charge on any atom is 0.264 e. The molecule has 3 rings (SSSR count). The summed E-state index contributed by atoms with van der Waals surface area (Å²) in [6.45, 7) is 1.99. The van der Waals surface area contributed by atoms with Crippen molar-refractivity contribution in [1.29, 1.82) is 0 Å². The van der Waals surface area contributed by atoms with Crippen LogP contribution in [0.3, 0.4) is 0 Å². The van der Waals surface area contributed by atoms with Gasteiger partial charge in [-0.1, -0.05) is 24.2 Å². The molecule has 0 fully saturated rings. The average Bonchev–Trinajstić information content (AvgIpc) is 3.15. The van der Waals surface area contributed by atoms with Crippen molar-refractivity contribution < 1.29 is 18.8 Å². The van der Waals surface area contributed by atoms with Gasteiger partial charge in [0.15, 0.2) is 12.4 Å². The molecule has 0 radical (unpaired) electrons. The third-order valence-corrected chi connectivity index (χ3v) is 3.66. The summed E-state index contributed by atoms with van der Waals surface area (Å²) in [7, 11) is 1.61. The molecule has 0 aliphatic carbocycles. The molecule has 0 saturated carbocycles. The van der Waals surface area contributed by atoms with Crippen molar-refractivity contribution in [2.45, 2.75) is 20.0 Å². The van der Waals surface area contributed by atoms with Crippen molar-refractivity contribution >= 4 is 5.78 Å². The van der Waals surface area contributed by atoms with Crippen LogP contribution in [0.15, 0.2) is 53.1 Å². The van der Waals surface area contributed by atoms with E-state index in [2.05, 4.69) is 10.1 Å². The SMILES string of the molecule is CCC(=O)c1ccc(OCc2nc(-c3cccc(OC)c3)no2)cc1. The van der Waals surface area contributed by atoms with Crippen molar-refractivity contribution in [3.63, 3.8) is 0 Å². The average molecular weight is 338 g/mol. The number of rotatable bonds is 7. The highest BCUT2D eigenvalue weighted by atomic mass is 16.5. The minimum absolute atomic E-state index is 0.103. The molecule has 6 heteroatoms. The van der Waals surface area contributed by atoms with Crippen molar-refractivity contribution in [3.05, 3.63) is 60.0 Å². The number of aromatic nitrogens is 2. The van der Waals surface area contributed by atoms with E-state index in [9.17, 15) is 4.79 Å². The van der Waals surface area contributed by atoms with Crippen molar-refractivity contribution in [1.82, 2.24) is 10.1 Å². The van der Waals surface area contributed by atoms with Crippen LogP contribution in [0.5, 0.6) is 11.5 Å². The highest BCUT2D eigenvalue weighted by Crippen LogP contribution is 2.22. The lowest BCUT2D eigenvalue weighted by Gasteiger charge is -2.04. The van der Waals surface area contributed by atoms with E-state index >= 15 is 0 Å². The molecule has 25 heavy (non-hydrogen) atoms. The zero-order valence-electron chi connectivity index (χ0n) is 14.1. The van der Waals surface area contributed by atoms with E-state index in [0.717, 1.165) is 11.3 Å². The fourth-order valence-electron chi connectivity index (χ4n) is 2.28. The summed E-state index contributed by atoms with van der Waals surface area (Å²) in [6.07, 6.45) is 0.481. The topological polar surface area (TPSA) is 74.5 Å². The van der Waals surface area contributed by atoms with Gasteiger partial charge >= 0.3 is 0 Å². The molecule has 2 aromatic carbocycles. The highest BCUT2D eigenvalue weighted by molar-refractivity contribution is 5.95. The number of Topliss-reactive ketones (excluding diaryl/α,β-unsaturated/α-hetero) is 1. The minimum atomic E-state index is 0.103. The molecule has 1 aromatic heterocycles. The molecule has 0 aliphatic rings. The third kappa shape index (κ3) is 4.03. The van der Waals surface area contributed by atoms with Crippen LogP contribution in [0.4, 0.5) is 0 Å². The van der Waals surface area contributed by atoms with Crippen molar-refractivity contribution in [3.8, 4) is 22.9 Å². The van der Waals surface area contributed by atoms with E-state index in [1.165, 1.54) is 0 Å². The van der Waals surface area contributed by atoms with Gasteiger partial charge in [0.05, 0.1) is 7.11 Å². The Morgan fingerprint density at radius 3 is 2.64 bits per heavy atom. The van der Waals surface area contributed by atoms with E-state index in [1.54, 1.807) is 31.4 Å². The Balaban J connectivity index is 1.64. The molecule has 0 bridgehead atoms. The summed E-state index contributed by atoms with van der Waals surface area (Å²) < 4.78 is 16.0. The van der Waals surface area contributed by atoms with E-state index in [4.69, 9.17) is 14.0 Å². The van der Waals surface area contributed by atoms with Crippen molar-refractivity contribution in [2.24, 2.45) is 0 Å². The second-order valence-corrected chi connectivity index (χ2v) is 5.33. The van der Waals surface area contributed by atoms with Crippen LogP contribution < -0.4 is 9.47 Å². The van der Waals surface area contributed by atoms with Crippen LogP contribution in [0, 0.1) is 0 Å². The number of benzene rings is 2. The van der Waals surface area contributed by atoms with E-state index in [0.29, 0.717) is 29.4 Å². The standard InChI is InChI=1S/C19H18N2O4/c1-3-17(22)13-7-9-15(10-8-13)24-12-18-20-19(21-25-18)14-5-4-6-16(11-14)23-2/h4-11H,3,12H2,1-2H3. The number of hydrogen-bond donors (Lipinski definition) is 0. The Hall–Kier alpha value is -3.15. The predicted molar refractivity (Wildman–Crippen MR) is 91.7 cm³/mol. The second-order valence-electron chi connectivity index (χ2n) is 5.33. The Morgan fingerprint density at radius 1 is 1.12 bits per heavy atom. The number of carbonyl (C=O) groups is 1. The van der Waals surface area contributed by atoms with Crippen molar-refractivity contribution in [2.75, 3.05) is 7.11 Å². The lowest BCUT2D eigenvalue weighted by atomic mass is 10.1. The first-order chi connectivity index (χ1) is 12.2. The van der Waals surface area contributed by atoms with Crippen LogP contribution in [0.2, 0.25) is 0 Å². The number of carbonyl (C=O) groups excluding carboxylic acids is 1. The molecule has 0 unspecified atom stereocenters. The molecule has 0 amide bonds. The smallest absolute Gasteiger partial charge is 0.264 e. The normalized spacial score (nSPS) is 10.5. The molecular weight excluding hydrogens is 320 g/mol. The first-order valence-corrected chi connectivity index (χ1v) is 7.92. The Morgan fingerprint density at radius 2 is 1.92 bits per heavy atom. The molecule has 0 aliphatic heterocycles. The summed E-state index contributed by atoms with van der Waals surface area (Å²) in [6, 6.07) is 14.4. The zero-order chi connectivity index (χ0) is 17.6. The largest absolute Gasteiger partial charge is 0.497 e. The summed E-state index contributed by atoms with van der Waals surface area (Å²) in [5.41, 5.74) is 1.48. The van der Waals surface area contributed by atoms with Crippen LogP contribution in [0.1, 0.15) is 29.6 Å². The molecule has 128 valence electrons. The molecule has 0 saturated heterocycles. The fourth-order valence-corrected chi connectivity index (χ4v) is 2.28. The van der Waals surface area contributed by atoms with Crippen LogP contribution >= 0.6 is 0 Å². The Bertz CT molecular complexity index is 856. The monoisotopic (exact) mass is 338 g/mol. The van der Waals surface area contributed by atoms with Gasteiger partial charge in [-0.15, -0.1) is 0 Å². The van der Waals surface area contributed by atoms with E-state index in [1.807, 2.05) is 31.2 Å². The van der Waals surface area contributed by atoms with Crippen LogP contribution in [-0.2, 0) is 6.61 Å².